The summed E-state index contributed by atoms with van der Waals surface area (Å²) < 4.78 is 4.97. The number of hydrogen-bond acceptors (Lipinski definition) is 5. The molecule has 0 aliphatic carbocycles. The molecule has 0 aliphatic rings. The molecule has 0 N–H and O–H groups in total. The molecule has 2 aromatic heterocycles. The second-order valence-electron chi connectivity index (χ2n) is 3.53. The van der Waals surface area contributed by atoms with Crippen molar-refractivity contribution < 1.29 is 9.53 Å². The molecule has 2 heterocycles. The highest BCUT2D eigenvalue weighted by molar-refractivity contribution is 6.32. The molecule has 0 bridgehead atoms. The summed E-state index contributed by atoms with van der Waals surface area (Å²) in [5.41, 5.74) is 1.41. The highest BCUT2D eigenvalue weighted by atomic mass is 35.5. The molecule has 0 saturated heterocycles. The SMILES string of the molecule is COc1ccc(-c2nc(C)nc(Cl)c2C=O)cn1. The number of nitrogens with zero attached hydrogens (tertiary/aromatic N) is 3. The van der Waals surface area contributed by atoms with Gasteiger partial charge in [-0.3, -0.25) is 4.79 Å². The van der Waals surface area contributed by atoms with Crippen molar-refractivity contribution in [2.75, 3.05) is 7.11 Å². The van der Waals surface area contributed by atoms with E-state index in [0.29, 0.717) is 29.2 Å². The average molecular weight is 264 g/mol. The van der Waals surface area contributed by atoms with E-state index in [4.69, 9.17) is 16.3 Å². The number of ether oxygens (including phenoxy) is 1. The first kappa shape index (κ1) is 12.4. The molecule has 0 unspecified atom stereocenters. The van der Waals surface area contributed by atoms with Crippen LogP contribution in [0, 0.1) is 6.92 Å². The topological polar surface area (TPSA) is 65.0 Å². The lowest BCUT2D eigenvalue weighted by molar-refractivity contribution is 0.112. The zero-order chi connectivity index (χ0) is 13.1. The van der Waals surface area contributed by atoms with E-state index in [1.807, 2.05) is 0 Å². The van der Waals surface area contributed by atoms with Crippen molar-refractivity contribution in [3.63, 3.8) is 0 Å². The van der Waals surface area contributed by atoms with Gasteiger partial charge in [0.1, 0.15) is 11.0 Å². The van der Waals surface area contributed by atoms with Crippen LogP contribution in [0.15, 0.2) is 18.3 Å². The molecular formula is C12H10ClN3O2. The van der Waals surface area contributed by atoms with E-state index in [9.17, 15) is 4.79 Å². The summed E-state index contributed by atoms with van der Waals surface area (Å²) in [5.74, 6) is 0.986. The van der Waals surface area contributed by atoms with Gasteiger partial charge in [-0.1, -0.05) is 11.6 Å². The minimum Gasteiger partial charge on any atom is -0.481 e. The number of aryl methyl sites for hydroxylation is 1. The zero-order valence-electron chi connectivity index (χ0n) is 9.85. The van der Waals surface area contributed by atoms with E-state index in [-0.39, 0.29) is 10.7 Å². The Labute approximate surface area is 109 Å². The number of rotatable bonds is 3. The van der Waals surface area contributed by atoms with Crippen LogP contribution in [0.25, 0.3) is 11.3 Å². The van der Waals surface area contributed by atoms with Gasteiger partial charge in [-0.2, -0.15) is 0 Å². The molecule has 5 nitrogen and oxygen atoms in total. The highest BCUT2D eigenvalue weighted by Crippen LogP contribution is 2.25. The van der Waals surface area contributed by atoms with Gasteiger partial charge in [0, 0.05) is 17.8 Å². The number of carbonyl (C=O) groups excluding carboxylic acids is 1. The van der Waals surface area contributed by atoms with Crippen LogP contribution < -0.4 is 4.74 Å². The van der Waals surface area contributed by atoms with Crippen LogP contribution in [0.5, 0.6) is 5.88 Å². The third kappa shape index (κ3) is 2.31. The Morgan fingerprint density at radius 3 is 2.67 bits per heavy atom. The molecule has 0 atom stereocenters. The Hall–Kier alpha value is -2.01. The van der Waals surface area contributed by atoms with Gasteiger partial charge in [-0.25, -0.2) is 15.0 Å². The molecule has 6 heteroatoms. The van der Waals surface area contributed by atoms with Gasteiger partial charge in [-0.15, -0.1) is 0 Å². The van der Waals surface area contributed by atoms with Gasteiger partial charge in [-0.05, 0) is 13.0 Å². The maximum Gasteiger partial charge on any atom is 0.212 e. The van der Waals surface area contributed by atoms with Crippen LogP contribution >= 0.6 is 11.6 Å². The number of pyridine rings is 1. The predicted octanol–water partition coefficient (Wildman–Crippen LogP) is 2.32. The second-order valence-corrected chi connectivity index (χ2v) is 3.89. The first-order chi connectivity index (χ1) is 8.65. The molecule has 0 fully saturated rings. The number of methoxy groups -OCH3 is 1. The fourth-order valence-electron chi connectivity index (χ4n) is 1.51. The van der Waals surface area contributed by atoms with Crippen LogP contribution in [-0.2, 0) is 0 Å². The first-order valence-electron chi connectivity index (χ1n) is 5.15. The number of carbonyl (C=O) groups is 1. The molecule has 2 aromatic rings. The molecule has 92 valence electrons. The van der Waals surface area contributed by atoms with Crippen LogP contribution in [0.2, 0.25) is 5.15 Å². The minimum atomic E-state index is 0.142. The molecule has 0 aliphatic heterocycles. The summed E-state index contributed by atoms with van der Waals surface area (Å²) in [6.07, 6.45) is 2.21. The molecular weight excluding hydrogens is 254 g/mol. The third-order valence-electron chi connectivity index (χ3n) is 2.35. The van der Waals surface area contributed by atoms with E-state index in [1.165, 1.54) is 7.11 Å². The van der Waals surface area contributed by atoms with Gasteiger partial charge in [0.05, 0.1) is 18.4 Å². The zero-order valence-corrected chi connectivity index (χ0v) is 10.6. The summed E-state index contributed by atoms with van der Waals surface area (Å²) >= 11 is 5.92. The summed E-state index contributed by atoms with van der Waals surface area (Å²) in [7, 11) is 1.53. The van der Waals surface area contributed by atoms with Crippen LogP contribution in [-0.4, -0.2) is 28.3 Å². The van der Waals surface area contributed by atoms with Gasteiger partial charge >= 0.3 is 0 Å². The van der Waals surface area contributed by atoms with Crippen molar-refractivity contribution in [1.29, 1.82) is 0 Å². The van der Waals surface area contributed by atoms with E-state index < -0.39 is 0 Å². The number of hydrogen-bond donors (Lipinski definition) is 0. The first-order valence-corrected chi connectivity index (χ1v) is 5.53. The van der Waals surface area contributed by atoms with Crippen molar-refractivity contribution in [3.8, 4) is 17.1 Å². The molecule has 0 spiro atoms. The standard InChI is InChI=1S/C12H10ClN3O2/c1-7-15-11(9(6-17)12(13)16-7)8-3-4-10(18-2)14-5-8/h3-6H,1-2H3. The minimum absolute atomic E-state index is 0.142. The van der Waals surface area contributed by atoms with Crippen LogP contribution in [0.1, 0.15) is 16.2 Å². The lowest BCUT2D eigenvalue weighted by Gasteiger charge is -2.07. The maximum atomic E-state index is 11.0. The summed E-state index contributed by atoms with van der Waals surface area (Å²) in [6.45, 7) is 1.71. The van der Waals surface area contributed by atoms with E-state index >= 15 is 0 Å². The smallest absolute Gasteiger partial charge is 0.212 e. The fraction of sp³-hybridized carbons (Fsp3) is 0.167. The number of halogens is 1. The van der Waals surface area contributed by atoms with Gasteiger partial charge in [0.2, 0.25) is 5.88 Å². The normalized spacial score (nSPS) is 10.2. The van der Waals surface area contributed by atoms with Crippen LogP contribution in [0.3, 0.4) is 0 Å². The third-order valence-corrected chi connectivity index (χ3v) is 2.64. The van der Waals surface area contributed by atoms with Gasteiger partial charge < -0.3 is 4.74 Å². The lowest BCUT2D eigenvalue weighted by atomic mass is 10.1. The van der Waals surface area contributed by atoms with Crippen molar-refractivity contribution >= 4 is 17.9 Å². The average Bonchev–Trinajstić information content (AvgIpc) is 2.38. The number of aldehydes is 1. The van der Waals surface area contributed by atoms with Gasteiger partial charge in [0.15, 0.2) is 6.29 Å². The highest BCUT2D eigenvalue weighted by Gasteiger charge is 2.13. The summed E-state index contributed by atoms with van der Waals surface area (Å²) in [6, 6.07) is 3.45. The Kier molecular flexibility index (Phi) is 3.53. The van der Waals surface area contributed by atoms with E-state index in [1.54, 1.807) is 25.3 Å². The van der Waals surface area contributed by atoms with Gasteiger partial charge in [0.25, 0.3) is 0 Å². The maximum absolute atomic E-state index is 11.0. The molecule has 18 heavy (non-hydrogen) atoms. The van der Waals surface area contributed by atoms with Crippen molar-refractivity contribution in [3.05, 3.63) is 34.9 Å². The molecule has 0 amide bonds. The largest absolute Gasteiger partial charge is 0.481 e. The molecule has 2 rings (SSSR count). The van der Waals surface area contributed by atoms with Crippen molar-refractivity contribution in [2.24, 2.45) is 0 Å². The Morgan fingerprint density at radius 1 is 1.33 bits per heavy atom. The number of aromatic nitrogens is 3. The Morgan fingerprint density at radius 2 is 2.11 bits per heavy atom. The fourth-order valence-corrected chi connectivity index (χ4v) is 1.77. The quantitative estimate of drug-likeness (QED) is 0.628. The molecule has 0 saturated carbocycles. The van der Waals surface area contributed by atoms with E-state index in [2.05, 4.69) is 15.0 Å². The molecule has 0 radical (unpaired) electrons. The monoisotopic (exact) mass is 263 g/mol. The van der Waals surface area contributed by atoms with Crippen LogP contribution in [0.4, 0.5) is 0 Å². The lowest BCUT2D eigenvalue weighted by Crippen LogP contribution is -1.99. The summed E-state index contributed by atoms with van der Waals surface area (Å²) in [4.78, 5) is 23.3. The van der Waals surface area contributed by atoms with Crippen molar-refractivity contribution in [1.82, 2.24) is 15.0 Å². The van der Waals surface area contributed by atoms with E-state index in [0.717, 1.165) is 0 Å². The predicted molar refractivity (Wildman–Crippen MR) is 66.9 cm³/mol. The molecule has 0 aromatic carbocycles. The summed E-state index contributed by atoms with van der Waals surface area (Å²) in [5, 5.41) is 0.142. The second kappa shape index (κ2) is 5.10. The van der Waals surface area contributed by atoms with Crippen molar-refractivity contribution in [2.45, 2.75) is 6.92 Å². The Bertz CT molecular complexity index is 585. The Balaban J connectivity index is 2.58.